The summed E-state index contributed by atoms with van der Waals surface area (Å²) >= 11 is 0. The normalized spacial score (nSPS) is 11.6. The molecule has 0 aliphatic rings. The number of ether oxygens (including phenoxy) is 2. The maximum absolute atomic E-state index is 13.3. The van der Waals surface area contributed by atoms with Crippen molar-refractivity contribution in [3.63, 3.8) is 0 Å². The molecule has 6 heteroatoms. The van der Waals surface area contributed by atoms with Crippen LogP contribution < -0.4 is 10.1 Å². The summed E-state index contributed by atoms with van der Waals surface area (Å²) in [4.78, 5) is 22.9. The summed E-state index contributed by atoms with van der Waals surface area (Å²) < 4.78 is 23.2. The van der Waals surface area contributed by atoms with Crippen LogP contribution in [0.3, 0.4) is 0 Å². The summed E-state index contributed by atoms with van der Waals surface area (Å²) in [5.74, 6) is -0.626. The Morgan fingerprint density at radius 3 is 2.67 bits per heavy atom. The maximum Gasteiger partial charge on any atom is 0.306 e. The third kappa shape index (κ3) is 5.41. The largest absolute Gasteiger partial charge is 0.496 e. The first kappa shape index (κ1) is 16.9. The SMILES string of the molecule is CCOC(=O)CCC(=O)NC(C)c1cc(F)ccc1OC. The van der Waals surface area contributed by atoms with E-state index in [4.69, 9.17) is 9.47 Å². The van der Waals surface area contributed by atoms with E-state index in [2.05, 4.69) is 5.32 Å². The fraction of sp³-hybridized carbons (Fsp3) is 0.467. The molecule has 0 spiro atoms. The van der Waals surface area contributed by atoms with Crippen molar-refractivity contribution in [2.75, 3.05) is 13.7 Å². The number of carbonyl (C=O) groups excluding carboxylic acids is 2. The number of nitrogens with one attached hydrogen (secondary N) is 1. The molecule has 0 aliphatic carbocycles. The van der Waals surface area contributed by atoms with E-state index < -0.39 is 17.8 Å². The zero-order valence-electron chi connectivity index (χ0n) is 12.4. The molecule has 116 valence electrons. The second-order valence-corrected chi connectivity index (χ2v) is 4.48. The van der Waals surface area contributed by atoms with Gasteiger partial charge >= 0.3 is 5.97 Å². The second-order valence-electron chi connectivity index (χ2n) is 4.48. The number of esters is 1. The summed E-state index contributed by atoms with van der Waals surface area (Å²) in [6.07, 6.45) is 0.0491. The van der Waals surface area contributed by atoms with Gasteiger partial charge in [-0.15, -0.1) is 0 Å². The van der Waals surface area contributed by atoms with Crippen LogP contribution in [-0.2, 0) is 14.3 Å². The number of hydrogen-bond donors (Lipinski definition) is 1. The molecule has 0 saturated heterocycles. The van der Waals surface area contributed by atoms with Crippen LogP contribution in [0, 0.1) is 5.82 Å². The summed E-state index contributed by atoms with van der Waals surface area (Å²) in [7, 11) is 1.48. The van der Waals surface area contributed by atoms with E-state index in [1.807, 2.05) is 0 Å². The lowest BCUT2D eigenvalue weighted by Gasteiger charge is -2.17. The predicted octanol–water partition coefficient (Wildman–Crippen LogP) is 2.35. The van der Waals surface area contributed by atoms with E-state index in [9.17, 15) is 14.0 Å². The van der Waals surface area contributed by atoms with Crippen molar-refractivity contribution in [3.8, 4) is 5.75 Å². The minimum absolute atomic E-state index is 0.0205. The monoisotopic (exact) mass is 297 g/mol. The summed E-state index contributed by atoms with van der Waals surface area (Å²) in [6.45, 7) is 3.72. The van der Waals surface area contributed by atoms with E-state index in [1.165, 1.54) is 25.3 Å². The van der Waals surface area contributed by atoms with Crippen molar-refractivity contribution in [1.82, 2.24) is 5.32 Å². The Balaban J connectivity index is 2.60. The summed E-state index contributed by atoms with van der Waals surface area (Å²) in [5, 5.41) is 2.70. The predicted molar refractivity (Wildman–Crippen MR) is 75.4 cm³/mol. The third-order valence-electron chi connectivity index (χ3n) is 2.90. The molecule has 1 unspecified atom stereocenters. The highest BCUT2D eigenvalue weighted by atomic mass is 19.1. The molecular formula is C15H20FNO4. The first-order valence-corrected chi connectivity index (χ1v) is 6.76. The standard InChI is InChI=1S/C15H20FNO4/c1-4-21-15(19)8-7-14(18)17-10(2)12-9-11(16)5-6-13(12)20-3/h5-6,9-10H,4,7-8H2,1-3H3,(H,17,18). The number of methoxy groups -OCH3 is 1. The molecule has 21 heavy (non-hydrogen) atoms. The highest BCUT2D eigenvalue weighted by Crippen LogP contribution is 2.25. The van der Waals surface area contributed by atoms with Crippen LogP contribution in [-0.4, -0.2) is 25.6 Å². The highest BCUT2D eigenvalue weighted by molar-refractivity contribution is 5.81. The number of amides is 1. The molecule has 0 fully saturated rings. The second kappa shape index (κ2) is 8.24. The van der Waals surface area contributed by atoms with Gasteiger partial charge < -0.3 is 14.8 Å². The average Bonchev–Trinajstić information content (AvgIpc) is 2.45. The summed E-state index contributed by atoms with van der Waals surface area (Å²) in [5.41, 5.74) is 0.544. The van der Waals surface area contributed by atoms with Crippen molar-refractivity contribution in [1.29, 1.82) is 0 Å². The van der Waals surface area contributed by atoms with E-state index in [0.29, 0.717) is 11.3 Å². The third-order valence-corrected chi connectivity index (χ3v) is 2.90. The smallest absolute Gasteiger partial charge is 0.306 e. The molecule has 0 aliphatic heterocycles. The minimum atomic E-state index is -0.426. The Morgan fingerprint density at radius 2 is 2.05 bits per heavy atom. The summed E-state index contributed by atoms with van der Waals surface area (Å²) in [6, 6.07) is 3.68. The van der Waals surface area contributed by atoms with Crippen LogP contribution in [0.4, 0.5) is 4.39 Å². The van der Waals surface area contributed by atoms with Crippen LogP contribution in [0.2, 0.25) is 0 Å². The minimum Gasteiger partial charge on any atom is -0.496 e. The van der Waals surface area contributed by atoms with Crippen molar-refractivity contribution in [3.05, 3.63) is 29.6 Å². The van der Waals surface area contributed by atoms with Gasteiger partial charge in [-0.05, 0) is 32.0 Å². The molecule has 0 radical (unpaired) electrons. The molecule has 1 aromatic carbocycles. The Labute approximate surface area is 123 Å². The van der Waals surface area contributed by atoms with E-state index in [-0.39, 0.29) is 25.4 Å². The fourth-order valence-corrected chi connectivity index (χ4v) is 1.88. The van der Waals surface area contributed by atoms with Gasteiger partial charge in [0, 0.05) is 12.0 Å². The first-order valence-electron chi connectivity index (χ1n) is 6.76. The van der Waals surface area contributed by atoms with Crippen LogP contribution in [0.1, 0.15) is 38.3 Å². The van der Waals surface area contributed by atoms with Gasteiger partial charge in [-0.1, -0.05) is 0 Å². The molecule has 1 rings (SSSR count). The van der Waals surface area contributed by atoms with Gasteiger partial charge in [0.15, 0.2) is 0 Å². The lowest BCUT2D eigenvalue weighted by atomic mass is 10.1. The molecule has 0 aromatic heterocycles. The molecule has 1 N–H and O–H groups in total. The molecule has 1 amide bonds. The Bertz CT molecular complexity index is 504. The zero-order valence-corrected chi connectivity index (χ0v) is 12.4. The molecule has 0 heterocycles. The van der Waals surface area contributed by atoms with Crippen LogP contribution >= 0.6 is 0 Å². The van der Waals surface area contributed by atoms with Crippen molar-refractivity contribution in [2.24, 2.45) is 0 Å². The molecule has 0 saturated carbocycles. The quantitative estimate of drug-likeness (QED) is 0.785. The number of benzene rings is 1. The van der Waals surface area contributed by atoms with Gasteiger partial charge in [0.1, 0.15) is 11.6 Å². The average molecular weight is 297 g/mol. The molecule has 5 nitrogen and oxygen atoms in total. The number of rotatable bonds is 7. The van der Waals surface area contributed by atoms with Gasteiger partial charge in [-0.3, -0.25) is 9.59 Å². The van der Waals surface area contributed by atoms with Crippen LogP contribution in [0.5, 0.6) is 5.75 Å². The number of halogens is 1. The maximum atomic E-state index is 13.3. The number of hydrogen-bond acceptors (Lipinski definition) is 4. The molecule has 1 atom stereocenters. The van der Waals surface area contributed by atoms with E-state index >= 15 is 0 Å². The van der Waals surface area contributed by atoms with Crippen LogP contribution in [0.15, 0.2) is 18.2 Å². The lowest BCUT2D eigenvalue weighted by molar-refractivity contribution is -0.144. The topological polar surface area (TPSA) is 64.6 Å². The zero-order chi connectivity index (χ0) is 15.8. The van der Waals surface area contributed by atoms with Crippen molar-refractivity contribution in [2.45, 2.75) is 32.7 Å². The van der Waals surface area contributed by atoms with Gasteiger partial charge in [0.25, 0.3) is 0 Å². The first-order chi connectivity index (χ1) is 9.97. The molecular weight excluding hydrogens is 277 g/mol. The van der Waals surface area contributed by atoms with Crippen LogP contribution in [0.25, 0.3) is 0 Å². The van der Waals surface area contributed by atoms with Gasteiger partial charge in [0.2, 0.25) is 5.91 Å². The fourth-order valence-electron chi connectivity index (χ4n) is 1.88. The Hall–Kier alpha value is -2.11. The Morgan fingerprint density at radius 1 is 1.33 bits per heavy atom. The molecule has 1 aromatic rings. The molecule has 0 bridgehead atoms. The Kier molecular flexibility index (Phi) is 6.65. The van der Waals surface area contributed by atoms with Gasteiger partial charge in [0.05, 0.1) is 26.2 Å². The van der Waals surface area contributed by atoms with Gasteiger partial charge in [-0.2, -0.15) is 0 Å². The number of carbonyl (C=O) groups is 2. The van der Waals surface area contributed by atoms with Crippen molar-refractivity contribution < 1.29 is 23.5 Å². The lowest BCUT2D eigenvalue weighted by Crippen LogP contribution is -2.27. The van der Waals surface area contributed by atoms with Crippen molar-refractivity contribution >= 4 is 11.9 Å². The van der Waals surface area contributed by atoms with Gasteiger partial charge in [-0.25, -0.2) is 4.39 Å². The van der Waals surface area contributed by atoms with E-state index in [0.717, 1.165) is 0 Å². The highest BCUT2D eigenvalue weighted by Gasteiger charge is 2.16. The van der Waals surface area contributed by atoms with E-state index in [1.54, 1.807) is 13.8 Å².